The van der Waals surface area contributed by atoms with E-state index in [4.69, 9.17) is 10.3 Å². The highest BCUT2D eigenvalue weighted by Crippen LogP contribution is 2.41. The van der Waals surface area contributed by atoms with Crippen molar-refractivity contribution in [3.63, 3.8) is 0 Å². The zero-order chi connectivity index (χ0) is 14.1. The van der Waals surface area contributed by atoms with Crippen LogP contribution in [0.25, 0.3) is 11.1 Å². The van der Waals surface area contributed by atoms with Crippen molar-refractivity contribution in [1.82, 2.24) is 5.16 Å². The quantitative estimate of drug-likeness (QED) is 0.879. The van der Waals surface area contributed by atoms with Crippen LogP contribution in [0.3, 0.4) is 0 Å². The molecule has 0 radical (unpaired) electrons. The van der Waals surface area contributed by atoms with Gasteiger partial charge < -0.3 is 10.3 Å². The first-order chi connectivity index (χ1) is 9.66. The zero-order valence-electron chi connectivity index (χ0n) is 12.2. The molecule has 106 valence electrons. The first kappa shape index (κ1) is 13.2. The fraction of sp³-hybridized carbons (Fsp3) is 0.471. The predicted molar refractivity (Wildman–Crippen MR) is 81.6 cm³/mol. The monoisotopic (exact) mass is 270 g/mol. The van der Waals surface area contributed by atoms with Crippen LogP contribution in [0.2, 0.25) is 0 Å². The highest BCUT2D eigenvalue weighted by molar-refractivity contribution is 5.76. The highest BCUT2D eigenvalue weighted by Gasteiger charge is 2.26. The predicted octanol–water partition coefficient (Wildman–Crippen LogP) is 4.70. The normalized spacial score (nSPS) is 16.1. The fourth-order valence-electron chi connectivity index (χ4n) is 3.11. The van der Waals surface area contributed by atoms with Crippen molar-refractivity contribution in [3.05, 3.63) is 35.6 Å². The maximum absolute atomic E-state index is 6.03. The maximum atomic E-state index is 6.03. The van der Waals surface area contributed by atoms with Gasteiger partial charge in [-0.2, -0.15) is 0 Å². The average molecular weight is 270 g/mol. The van der Waals surface area contributed by atoms with Crippen molar-refractivity contribution in [1.29, 1.82) is 0 Å². The largest absolute Gasteiger partial charge is 0.380 e. The van der Waals surface area contributed by atoms with Gasteiger partial charge in [0.2, 0.25) is 0 Å². The molecule has 0 spiro atoms. The molecule has 3 heteroatoms. The second-order valence-electron chi connectivity index (χ2n) is 6.07. The van der Waals surface area contributed by atoms with Gasteiger partial charge >= 0.3 is 0 Å². The number of nitrogens with zero attached hydrogens (tertiary/aromatic N) is 1. The van der Waals surface area contributed by atoms with Crippen LogP contribution in [0.15, 0.2) is 28.8 Å². The third-order valence-corrected chi connectivity index (χ3v) is 4.34. The Hall–Kier alpha value is -1.77. The molecule has 0 bridgehead atoms. The van der Waals surface area contributed by atoms with Gasteiger partial charge in [-0.1, -0.05) is 56.1 Å². The Labute approximate surface area is 120 Å². The Kier molecular flexibility index (Phi) is 3.51. The molecular weight excluding hydrogens is 248 g/mol. The summed E-state index contributed by atoms with van der Waals surface area (Å²) in [5.41, 5.74) is 9.50. The molecule has 20 heavy (non-hydrogen) atoms. The van der Waals surface area contributed by atoms with Gasteiger partial charge in [-0.25, -0.2) is 0 Å². The molecule has 2 N–H and O–H groups in total. The Bertz CT molecular complexity index is 578. The van der Waals surface area contributed by atoms with Crippen LogP contribution in [0.1, 0.15) is 62.7 Å². The SMILES string of the molecule is CC(C)c1ccc(-c2c(N)noc2C2CCCC2)cc1. The number of nitrogen functional groups attached to an aromatic ring is 1. The molecule has 1 aliphatic carbocycles. The van der Waals surface area contributed by atoms with Crippen molar-refractivity contribution in [2.24, 2.45) is 0 Å². The van der Waals surface area contributed by atoms with Gasteiger partial charge in [-0.15, -0.1) is 0 Å². The lowest BCUT2D eigenvalue weighted by molar-refractivity contribution is 0.363. The number of benzene rings is 1. The van der Waals surface area contributed by atoms with Crippen molar-refractivity contribution in [2.45, 2.75) is 51.4 Å². The summed E-state index contributed by atoms with van der Waals surface area (Å²) >= 11 is 0. The Morgan fingerprint density at radius 1 is 1.15 bits per heavy atom. The van der Waals surface area contributed by atoms with Gasteiger partial charge in [-0.05, 0) is 29.9 Å². The molecule has 0 saturated heterocycles. The minimum atomic E-state index is 0.486. The molecule has 0 unspecified atom stereocenters. The average Bonchev–Trinajstić information content (AvgIpc) is 3.07. The van der Waals surface area contributed by atoms with E-state index < -0.39 is 0 Å². The van der Waals surface area contributed by atoms with E-state index in [9.17, 15) is 0 Å². The molecule has 1 heterocycles. The third-order valence-electron chi connectivity index (χ3n) is 4.34. The van der Waals surface area contributed by atoms with Crippen molar-refractivity contribution in [3.8, 4) is 11.1 Å². The molecular formula is C17H22N2O. The lowest BCUT2D eigenvalue weighted by Crippen LogP contribution is -1.95. The molecule has 1 fully saturated rings. The number of hydrogen-bond donors (Lipinski definition) is 1. The first-order valence-corrected chi connectivity index (χ1v) is 7.52. The smallest absolute Gasteiger partial charge is 0.175 e. The molecule has 0 aliphatic heterocycles. The Morgan fingerprint density at radius 3 is 2.40 bits per heavy atom. The lowest BCUT2D eigenvalue weighted by atomic mass is 9.94. The number of nitrogens with two attached hydrogens (primary N) is 1. The second kappa shape index (κ2) is 5.31. The van der Waals surface area contributed by atoms with Crippen LogP contribution in [-0.4, -0.2) is 5.16 Å². The molecule has 1 aromatic carbocycles. The summed E-state index contributed by atoms with van der Waals surface area (Å²) in [5.74, 6) is 2.53. The van der Waals surface area contributed by atoms with Crippen molar-refractivity contribution < 1.29 is 4.52 Å². The summed E-state index contributed by atoms with van der Waals surface area (Å²) in [6.07, 6.45) is 4.92. The second-order valence-corrected chi connectivity index (χ2v) is 6.07. The van der Waals surface area contributed by atoms with Crippen molar-refractivity contribution >= 4 is 5.82 Å². The van der Waals surface area contributed by atoms with E-state index in [1.807, 2.05) is 0 Å². The summed E-state index contributed by atoms with van der Waals surface area (Å²) in [7, 11) is 0. The number of aromatic nitrogens is 1. The standard InChI is InChI=1S/C17H22N2O/c1-11(2)12-7-9-13(10-8-12)15-16(20-19-17(15)18)14-5-3-4-6-14/h7-11,14H,3-6H2,1-2H3,(H2,18,19). The highest BCUT2D eigenvalue weighted by atomic mass is 16.5. The van der Waals surface area contributed by atoms with E-state index in [1.54, 1.807) is 0 Å². The molecule has 1 aliphatic rings. The van der Waals surface area contributed by atoms with E-state index in [2.05, 4.69) is 43.3 Å². The van der Waals surface area contributed by atoms with Gasteiger partial charge in [0.05, 0.1) is 5.56 Å². The summed E-state index contributed by atoms with van der Waals surface area (Å²) in [6, 6.07) is 8.61. The minimum Gasteiger partial charge on any atom is -0.380 e. The molecule has 0 atom stereocenters. The molecule has 3 nitrogen and oxygen atoms in total. The van der Waals surface area contributed by atoms with Crippen LogP contribution in [-0.2, 0) is 0 Å². The molecule has 3 rings (SSSR count). The van der Waals surface area contributed by atoms with Crippen LogP contribution in [0.4, 0.5) is 5.82 Å². The van der Waals surface area contributed by atoms with E-state index in [-0.39, 0.29) is 0 Å². The summed E-state index contributed by atoms with van der Waals surface area (Å²) < 4.78 is 5.54. The topological polar surface area (TPSA) is 52.0 Å². The van der Waals surface area contributed by atoms with Gasteiger partial charge in [0.25, 0.3) is 0 Å². The van der Waals surface area contributed by atoms with Gasteiger partial charge in [0.1, 0.15) is 5.76 Å². The minimum absolute atomic E-state index is 0.486. The van der Waals surface area contributed by atoms with Gasteiger partial charge in [-0.3, -0.25) is 0 Å². The third kappa shape index (κ3) is 2.33. The fourth-order valence-corrected chi connectivity index (χ4v) is 3.11. The van der Waals surface area contributed by atoms with Gasteiger partial charge in [0.15, 0.2) is 5.82 Å². The Morgan fingerprint density at radius 2 is 1.80 bits per heavy atom. The summed E-state index contributed by atoms with van der Waals surface area (Å²) in [4.78, 5) is 0. The number of rotatable bonds is 3. The zero-order valence-corrected chi connectivity index (χ0v) is 12.2. The van der Waals surface area contributed by atoms with E-state index in [1.165, 1.54) is 31.2 Å². The first-order valence-electron chi connectivity index (χ1n) is 7.52. The molecule has 0 amide bonds. The van der Waals surface area contributed by atoms with E-state index in [0.29, 0.717) is 17.7 Å². The molecule has 1 aromatic heterocycles. The lowest BCUT2D eigenvalue weighted by Gasteiger charge is -2.10. The van der Waals surface area contributed by atoms with E-state index >= 15 is 0 Å². The van der Waals surface area contributed by atoms with Crippen LogP contribution >= 0.6 is 0 Å². The van der Waals surface area contributed by atoms with Crippen LogP contribution in [0, 0.1) is 0 Å². The van der Waals surface area contributed by atoms with Crippen LogP contribution in [0.5, 0.6) is 0 Å². The van der Waals surface area contributed by atoms with Crippen LogP contribution < -0.4 is 5.73 Å². The maximum Gasteiger partial charge on any atom is 0.175 e. The van der Waals surface area contributed by atoms with Crippen molar-refractivity contribution in [2.75, 3.05) is 5.73 Å². The number of anilines is 1. The molecule has 2 aromatic rings. The molecule has 1 saturated carbocycles. The number of hydrogen-bond acceptors (Lipinski definition) is 3. The Balaban J connectivity index is 1.98. The van der Waals surface area contributed by atoms with Gasteiger partial charge in [0, 0.05) is 5.92 Å². The summed E-state index contributed by atoms with van der Waals surface area (Å²) in [5, 5.41) is 4.00. The summed E-state index contributed by atoms with van der Waals surface area (Å²) in [6.45, 7) is 4.40. The van der Waals surface area contributed by atoms with E-state index in [0.717, 1.165) is 16.9 Å².